The van der Waals surface area contributed by atoms with Crippen molar-refractivity contribution >= 4 is 44.1 Å². The Bertz CT molecular complexity index is 751. The Morgan fingerprint density at radius 1 is 1.32 bits per heavy atom. The SMILES string of the molecule is N=C1S[C@@H]2CS(=O)(=O)C[C@@H]2N1c1cc(C(F)(F)F)ccc1Cl. The molecule has 0 aliphatic carbocycles. The number of sulfone groups is 1. The first-order valence-corrected chi connectivity index (χ1v) is 9.28. The Morgan fingerprint density at radius 2 is 2.00 bits per heavy atom. The third kappa shape index (κ3) is 2.69. The van der Waals surface area contributed by atoms with E-state index in [1.807, 2.05) is 0 Å². The smallest absolute Gasteiger partial charge is 0.315 e. The molecule has 1 aromatic carbocycles. The fourth-order valence-electron chi connectivity index (χ4n) is 2.66. The maximum Gasteiger partial charge on any atom is 0.416 e. The van der Waals surface area contributed by atoms with Gasteiger partial charge < -0.3 is 4.90 Å². The number of alkyl halides is 3. The molecule has 0 spiro atoms. The molecule has 0 radical (unpaired) electrons. The predicted molar refractivity (Wildman–Crippen MR) is 80.5 cm³/mol. The Labute approximate surface area is 134 Å². The summed E-state index contributed by atoms with van der Waals surface area (Å²) in [6.45, 7) is 0. The number of nitrogens with zero attached hydrogens (tertiary/aromatic N) is 1. The van der Waals surface area contributed by atoms with Crippen LogP contribution in [0.15, 0.2) is 18.2 Å². The van der Waals surface area contributed by atoms with Crippen LogP contribution in [0.1, 0.15) is 5.56 Å². The van der Waals surface area contributed by atoms with Crippen LogP contribution in [0.2, 0.25) is 5.02 Å². The lowest BCUT2D eigenvalue weighted by Crippen LogP contribution is -2.37. The summed E-state index contributed by atoms with van der Waals surface area (Å²) in [7, 11) is -3.25. The number of hydrogen-bond donors (Lipinski definition) is 1. The Hall–Kier alpha value is -0.930. The molecule has 2 fully saturated rings. The third-order valence-corrected chi connectivity index (χ3v) is 7.07. The molecule has 1 N–H and O–H groups in total. The van der Waals surface area contributed by atoms with Crippen LogP contribution in [0.3, 0.4) is 0 Å². The molecular formula is C12H10ClF3N2O2S2. The van der Waals surface area contributed by atoms with Gasteiger partial charge >= 0.3 is 6.18 Å². The van der Waals surface area contributed by atoms with Crippen molar-refractivity contribution in [3.8, 4) is 0 Å². The molecule has 2 heterocycles. The summed E-state index contributed by atoms with van der Waals surface area (Å²) in [5.41, 5.74) is -0.854. The molecule has 2 aliphatic heterocycles. The lowest BCUT2D eigenvalue weighted by Gasteiger charge is -2.25. The second-order valence-electron chi connectivity index (χ2n) is 5.14. The Kier molecular flexibility index (Phi) is 3.65. The highest BCUT2D eigenvalue weighted by molar-refractivity contribution is 8.15. The molecule has 120 valence electrons. The van der Waals surface area contributed by atoms with Gasteiger partial charge in [0.1, 0.15) is 0 Å². The van der Waals surface area contributed by atoms with Crippen molar-refractivity contribution in [1.82, 2.24) is 0 Å². The summed E-state index contributed by atoms with van der Waals surface area (Å²) in [6.07, 6.45) is -4.53. The van der Waals surface area contributed by atoms with Gasteiger partial charge in [0.2, 0.25) is 0 Å². The summed E-state index contributed by atoms with van der Waals surface area (Å²) in [5, 5.41) is 7.68. The lowest BCUT2D eigenvalue weighted by atomic mass is 10.1. The first kappa shape index (κ1) is 15.9. The van der Waals surface area contributed by atoms with E-state index < -0.39 is 27.6 Å². The van der Waals surface area contributed by atoms with Crippen molar-refractivity contribution in [2.75, 3.05) is 16.4 Å². The molecule has 22 heavy (non-hydrogen) atoms. The number of amidine groups is 1. The zero-order valence-corrected chi connectivity index (χ0v) is 13.3. The molecule has 4 nitrogen and oxygen atoms in total. The van der Waals surface area contributed by atoms with E-state index >= 15 is 0 Å². The average molecular weight is 371 g/mol. The zero-order valence-electron chi connectivity index (χ0n) is 10.9. The highest BCUT2D eigenvalue weighted by Crippen LogP contribution is 2.44. The number of hydrogen-bond acceptors (Lipinski definition) is 4. The maximum atomic E-state index is 12.9. The van der Waals surface area contributed by atoms with Gasteiger partial charge in [-0.2, -0.15) is 13.2 Å². The molecule has 0 amide bonds. The molecule has 1 aromatic rings. The van der Waals surface area contributed by atoms with E-state index in [4.69, 9.17) is 17.0 Å². The van der Waals surface area contributed by atoms with Crippen LogP contribution in [-0.2, 0) is 16.0 Å². The predicted octanol–water partition coefficient (Wildman–Crippen LogP) is 3.01. The summed E-state index contributed by atoms with van der Waals surface area (Å²) < 4.78 is 62.0. The summed E-state index contributed by atoms with van der Waals surface area (Å²) >= 11 is 7.04. The second kappa shape index (κ2) is 5.04. The summed E-state index contributed by atoms with van der Waals surface area (Å²) in [5.74, 6) is -0.253. The van der Waals surface area contributed by atoms with Crippen molar-refractivity contribution in [3.63, 3.8) is 0 Å². The van der Waals surface area contributed by atoms with Crippen LogP contribution in [0.4, 0.5) is 18.9 Å². The first-order valence-electron chi connectivity index (χ1n) is 6.20. The summed E-state index contributed by atoms with van der Waals surface area (Å²) in [4.78, 5) is 1.30. The van der Waals surface area contributed by atoms with Gasteiger partial charge in [-0.1, -0.05) is 23.4 Å². The van der Waals surface area contributed by atoms with E-state index in [9.17, 15) is 21.6 Å². The molecule has 3 rings (SSSR count). The Morgan fingerprint density at radius 3 is 2.64 bits per heavy atom. The van der Waals surface area contributed by atoms with Crippen LogP contribution in [0, 0.1) is 5.41 Å². The van der Waals surface area contributed by atoms with Crippen LogP contribution < -0.4 is 4.90 Å². The van der Waals surface area contributed by atoms with E-state index in [0.29, 0.717) is 0 Å². The number of halogens is 4. The quantitative estimate of drug-likeness (QED) is 0.825. The number of thioether (sulfide) groups is 1. The number of benzene rings is 1. The van der Waals surface area contributed by atoms with Crippen molar-refractivity contribution < 1.29 is 21.6 Å². The molecular weight excluding hydrogens is 361 g/mol. The number of anilines is 1. The van der Waals surface area contributed by atoms with Gasteiger partial charge in [-0.25, -0.2) is 8.42 Å². The molecule has 0 saturated carbocycles. The highest BCUT2D eigenvalue weighted by Gasteiger charge is 2.49. The monoisotopic (exact) mass is 370 g/mol. The van der Waals surface area contributed by atoms with E-state index in [1.165, 1.54) is 4.90 Å². The largest absolute Gasteiger partial charge is 0.416 e. The molecule has 0 bridgehead atoms. The summed E-state index contributed by atoms with van der Waals surface area (Å²) in [6, 6.07) is 2.30. The molecule has 2 saturated heterocycles. The molecule has 2 atom stereocenters. The van der Waals surface area contributed by atoms with E-state index in [1.54, 1.807) is 0 Å². The minimum absolute atomic E-state index is 0.0196. The molecule has 0 aromatic heterocycles. The van der Waals surface area contributed by atoms with Crippen molar-refractivity contribution in [3.05, 3.63) is 28.8 Å². The van der Waals surface area contributed by atoms with Gasteiger partial charge in [-0.15, -0.1) is 0 Å². The van der Waals surface area contributed by atoms with Gasteiger partial charge in [-0.3, -0.25) is 5.41 Å². The lowest BCUT2D eigenvalue weighted by molar-refractivity contribution is -0.137. The van der Waals surface area contributed by atoms with Crippen LogP contribution >= 0.6 is 23.4 Å². The van der Waals surface area contributed by atoms with Crippen molar-refractivity contribution in [1.29, 1.82) is 5.41 Å². The minimum Gasteiger partial charge on any atom is -0.315 e. The zero-order chi connectivity index (χ0) is 16.3. The minimum atomic E-state index is -4.53. The van der Waals surface area contributed by atoms with Gasteiger partial charge in [0.05, 0.1) is 33.8 Å². The van der Waals surface area contributed by atoms with Gasteiger partial charge in [0.25, 0.3) is 0 Å². The van der Waals surface area contributed by atoms with Gasteiger partial charge in [0, 0.05) is 5.25 Å². The van der Waals surface area contributed by atoms with E-state index in [2.05, 4.69) is 0 Å². The van der Waals surface area contributed by atoms with Crippen molar-refractivity contribution in [2.24, 2.45) is 0 Å². The Balaban J connectivity index is 2.05. The number of fused-ring (bicyclic) bond motifs is 1. The van der Waals surface area contributed by atoms with E-state index in [0.717, 1.165) is 30.0 Å². The molecule has 0 unspecified atom stereocenters. The van der Waals surface area contributed by atoms with Gasteiger partial charge in [0.15, 0.2) is 15.0 Å². The van der Waals surface area contributed by atoms with Crippen LogP contribution in [0.25, 0.3) is 0 Å². The second-order valence-corrected chi connectivity index (χ2v) is 8.93. The maximum absolute atomic E-state index is 12.9. The van der Waals surface area contributed by atoms with Crippen LogP contribution in [0.5, 0.6) is 0 Å². The van der Waals surface area contributed by atoms with E-state index in [-0.39, 0.29) is 32.6 Å². The van der Waals surface area contributed by atoms with Crippen LogP contribution in [-0.4, -0.2) is 36.4 Å². The van der Waals surface area contributed by atoms with Gasteiger partial charge in [-0.05, 0) is 18.2 Å². The molecule has 2 aliphatic rings. The third-order valence-electron chi connectivity index (χ3n) is 3.62. The highest BCUT2D eigenvalue weighted by atomic mass is 35.5. The average Bonchev–Trinajstić information content (AvgIpc) is 2.79. The number of rotatable bonds is 1. The molecule has 10 heteroatoms. The van der Waals surface area contributed by atoms with Crippen molar-refractivity contribution in [2.45, 2.75) is 17.5 Å². The standard InChI is InChI=1S/C12H10ClF3N2O2S2/c13-7-2-1-6(12(14,15)16)3-8(7)18-9-4-22(19,20)5-10(9)21-11(18)17/h1-3,9-10,17H,4-5H2/t9-,10+/m0/s1. The fourth-order valence-corrected chi connectivity index (χ4v) is 6.66. The normalized spacial score (nSPS) is 27.3. The number of nitrogens with one attached hydrogen (secondary N) is 1. The first-order chi connectivity index (χ1) is 10.1. The topological polar surface area (TPSA) is 61.2 Å². The fraction of sp³-hybridized carbons (Fsp3) is 0.417.